The fourth-order valence-electron chi connectivity index (χ4n) is 0.696. The van der Waals surface area contributed by atoms with Crippen LogP contribution in [0.3, 0.4) is 0 Å². The maximum atomic E-state index is 10.8. The van der Waals surface area contributed by atoms with Crippen molar-refractivity contribution in [1.29, 1.82) is 0 Å². The number of carbonyl (C=O) groups excluding carboxylic acids is 1. The first-order valence-electron chi connectivity index (χ1n) is 2.87. The summed E-state index contributed by atoms with van der Waals surface area (Å²) < 4.78 is 0. The molecule has 3 nitrogen and oxygen atoms in total. The third-order valence-corrected chi connectivity index (χ3v) is 1.27. The van der Waals surface area contributed by atoms with Gasteiger partial charge < -0.3 is 5.21 Å². The molecule has 0 fully saturated rings. The van der Waals surface area contributed by atoms with Crippen LogP contribution < -0.4 is 0 Å². The van der Waals surface area contributed by atoms with Crippen LogP contribution in [0.4, 0.5) is 0 Å². The Morgan fingerprint density at radius 2 is 2.20 bits per heavy atom. The fraction of sp³-hybridized carbons (Fsp3) is 0.143. The van der Waals surface area contributed by atoms with Gasteiger partial charge in [0, 0.05) is 0 Å². The first-order chi connectivity index (χ1) is 4.74. The van der Waals surface area contributed by atoms with Crippen LogP contribution in [0, 0.1) is 0 Å². The summed E-state index contributed by atoms with van der Waals surface area (Å²) in [5.41, 5.74) is 1.01. The lowest BCUT2D eigenvalue weighted by atomic mass is 10.1. The summed E-state index contributed by atoms with van der Waals surface area (Å²) in [5.74, 6) is -0.0348. The van der Waals surface area contributed by atoms with Crippen molar-refractivity contribution < 1.29 is 10.0 Å². The Bertz CT molecular complexity index is 248. The zero-order valence-corrected chi connectivity index (χ0v) is 5.53. The molecule has 0 radical (unpaired) electrons. The van der Waals surface area contributed by atoms with E-state index in [2.05, 4.69) is 5.16 Å². The average Bonchev–Trinajstić information content (AvgIpc) is 1.95. The second kappa shape index (κ2) is 2.47. The van der Waals surface area contributed by atoms with Gasteiger partial charge in [-0.25, -0.2) is 0 Å². The standard InChI is InChI=1S/C7H7NO2/c1-5-4-6(8-10)2-3-7(5)9/h2-4,10H,1H3. The van der Waals surface area contributed by atoms with E-state index in [1.165, 1.54) is 18.2 Å². The van der Waals surface area contributed by atoms with Crippen LogP contribution in [0.5, 0.6) is 0 Å². The van der Waals surface area contributed by atoms with Crippen molar-refractivity contribution >= 4 is 11.5 Å². The van der Waals surface area contributed by atoms with Crippen molar-refractivity contribution in [3.8, 4) is 0 Å². The van der Waals surface area contributed by atoms with Crippen molar-refractivity contribution in [2.45, 2.75) is 6.92 Å². The van der Waals surface area contributed by atoms with Crippen LogP contribution in [-0.2, 0) is 4.79 Å². The molecule has 1 N–H and O–H groups in total. The van der Waals surface area contributed by atoms with Crippen molar-refractivity contribution in [3.05, 3.63) is 23.8 Å². The molecule has 0 unspecified atom stereocenters. The highest BCUT2D eigenvalue weighted by molar-refractivity contribution is 6.18. The van der Waals surface area contributed by atoms with Gasteiger partial charge in [-0.3, -0.25) is 4.79 Å². The van der Waals surface area contributed by atoms with E-state index in [4.69, 9.17) is 5.21 Å². The van der Waals surface area contributed by atoms with Crippen LogP contribution in [0.25, 0.3) is 0 Å². The zero-order valence-electron chi connectivity index (χ0n) is 5.53. The highest BCUT2D eigenvalue weighted by Gasteiger charge is 2.06. The molecule has 0 heterocycles. The maximum Gasteiger partial charge on any atom is 0.181 e. The van der Waals surface area contributed by atoms with Gasteiger partial charge in [-0.05, 0) is 30.7 Å². The molecule has 10 heavy (non-hydrogen) atoms. The summed E-state index contributed by atoms with van der Waals surface area (Å²) in [7, 11) is 0. The summed E-state index contributed by atoms with van der Waals surface area (Å²) in [4.78, 5) is 10.8. The molecule has 1 aliphatic carbocycles. The van der Waals surface area contributed by atoms with E-state index in [-0.39, 0.29) is 5.78 Å². The molecular weight excluding hydrogens is 130 g/mol. The normalized spacial score (nSPS) is 21.5. The summed E-state index contributed by atoms with van der Waals surface area (Å²) in [6.45, 7) is 1.68. The summed E-state index contributed by atoms with van der Waals surface area (Å²) in [6, 6.07) is 0. The van der Waals surface area contributed by atoms with Gasteiger partial charge >= 0.3 is 0 Å². The summed E-state index contributed by atoms with van der Waals surface area (Å²) in [5, 5.41) is 11.2. The number of hydrogen-bond donors (Lipinski definition) is 1. The maximum absolute atomic E-state index is 10.8. The largest absolute Gasteiger partial charge is 0.410 e. The second-order valence-electron chi connectivity index (χ2n) is 2.05. The number of hydrogen-bond acceptors (Lipinski definition) is 3. The molecule has 3 heteroatoms. The Morgan fingerprint density at radius 1 is 1.50 bits per heavy atom. The predicted molar refractivity (Wildman–Crippen MR) is 37.1 cm³/mol. The summed E-state index contributed by atoms with van der Waals surface area (Å²) >= 11 is 0. The lowest BCUT2D eigenvalue weighted by Gasteiger charge is -1.99. The van der Waals surface area contributed by atoms with Crippen molar-refractivity contribution in [2.24, 2.45) is 5.16 Å². The first kappa shape index (κ1) is 6.74. The number of ketones is 1. The molecule has 0 saturated carbocycles. The Balaban J connectivity index is 2.95. The first-order valence-corrected chi connectivity index (χ1v) is 2.87. The Kier molecular flexibility index (Phi) is 1.67. The van der Waals surface area contributed by atoms with E-state index in [1.54, 1.807) is 6.92 Å². The van der Waals surface area contributed by atoms with E-state index in [1.807, 2.05) is 0 Å². The number of allylic oxidation sites excluding steroid dienone is 4. The molecule has 0 amide bonds. The van der Waals surface area contributed by atoms with Crippen molar-refractivity contribution in [1.82, 2.24) is 0 Å². The van der Waals surface area contributed by atoms with Gasteiger partial charge in [-0.15, -0.1) is 0 Å². The second-order valence-corrected chi connectivity index (χ2v) is 2.05. The van der Waals surface area contributed by atoms with E-state index in [9.17, 15) is 4.79 Å². The molecule has 1 rings (SSSR count). The number of nitrogens with zero attached hydrogens (tertiary/aromatic N) is 1. The van der Waals surface area contributed by atoms with Crippen LogP contribution in [-0.4, -0.2) is 16.7 Å². The van der Waals surface area contributed by atoms with Gasteiger partial charge in [0.05, 0.1) is 0 Å². The van der Waals surface area contributed by atoms with Gasteiger partial charge in [-0.2, -0.15) is 0 Å². The lowest BCUT2D eigenvalue weighted by molar-refractivity contribution is -0.111. The number of rotatable bonds is 0. The van der Waals surface area contributed by atoms with Gasteiger partial charge in [0.1, 0.15) is 5.71 Å². The Labute approximate surface area is 58.3 Å². The van der Waals surface area contributed by atoms with Gasteiger partial charge in [-0.1, -0.05) is 5.16 Å². The highest BCUT2D eigenvalue weighted by atomic mass is 16.4. The molecule has 0 aromatic carbocycles. The molecule has 52 valence electrons. The molecule has 0 bridgehead atoms. The highest BCUT2D eigenvalue weighted by Crippen LogP contribution is 2.03. The van der Waals surface area contributed by atoms with Crippen LogP contribution in [0.2, 0.25) is 0 Å². The lowest BCUT2D eigenvalue weighted by Crippen LogP contribution is -2.04. The Morgan fingerprint density at radius 3 is 2.70 bits per heavy atom. The zero-order chi connectivity index (χ0) is 7.56. The third kappa shape index (κ3) is 1.13. The SMILES string of the molecule is CC1=CC(=NO)C=CC1=O. The van der Waals surface area contributed by atoms with Crippen LogP contribution >= 0.6 is 0 Å². The van der Waals surface area contributed by atoms with Crippen molar-refractivity contribution in [3.63, 3.8) is 0 Å². The molecule has 0 atom stereocenters. The Hall–Kier alpha value is -1.38. The topological polar surface area (TPSA) is 49.7 Å². The number of carbonyl (C=O) groups is 1. The van der Waals surface area contributed by atoms with Gasteiger partial charge in [0.25, 0.3) is 0 Å². The molecule has 0 aliphatic heterocycles. The van der Waals surface area contributed by atoms with Crippen LogP contribution in [0.1, 0.15) is 6.92 Å². The third-order valence-electron chi connectivity index (χ3n) is 1.27. The molecular formula is C7H7NO2. The molecule has 0 saturated heterocycles. The predicted octanol–water partition coefficient (Wildman–Crippen LogP) is 0.902. The minimum Gasteiger partial charge on any atom is -0.410 e. The minimum atomic E-state index is -0.0348. The molecule has 1 aliphatic rings. The number of oxime groups is 1. The smallest absolute Gasteiger partial charge is 0.181 e. The van der Waals surface area contributed by atoms with Crippen molar-refractivity contribution in [2.75, 3.05) is 0 Å². The summed E-state index contributed by atoms with van der Waals surface area (Å²) in [6.07, 6.45) is 4.38. The monoisotopic (exact) mass is 137 g/mol. The minimum absolute atomic E-state index is 0.0348. The molecule has 0 spiro atoms. The van der Waals surface area contributed by atoms with E-state index >= 15 is 0 Å². The fourth-order valence-corrected chi connectivity index (χ4v) is 0.696. The average molecular weight is 137 g/mol. The van der Waals surface area contributed by atoms with Gasteiger partial charge in [0.15, 0.2) is 5.78 Å². The quantitative estimate of drug-likeness (QED) is 0.306. The van der Waals surface area contributed by atoms with E-state index in [0.29, 0.717) is 11.3 Å². The van der Waals surface area contributed by atoms with Gasteiger partial charge in [0.2, 0.25) is 0 Å². The molecule has 0 aromatic rings. The van der Waals surface area contributed by atoms with E-state index < -0.39 is 0 Å². The van der Waals surface area contributed by atoms with Crippen LogP contribution in [0.15, 0.2) is 29.0 Å². The molecule has 0 aromatic heterocycles. The van der Waals surface area contributed by atoms with E-state index in [0.717, 1.165) is 0 Å².